The van der Waals surface area contributed by atoms with Crippen molar-refractivity contribution in [2.45, 2.75) is 39.0 Å². The molecule has 2 heterocycles. The van der Waals surface area contributed by atoms with Gasteiger partial charge in [-0.3, -0.25) is 4.90 Å². The molecule has 0 unspecified atom stereocenters. The highest BCUT2D eigenvalue weighted by Gasteiger charge is 2.22. The van der Waals surface area contributed by atoms with Gasteiger partial charge in [-0.05, 0) is 19.9 Å². The molecule has 0 radical (unpaired) electrons. The van der Waals surface area contributed by atoms with E-state index < -0.39 is 0 Å². The molecule has 1 fully saturated rings. The third-order valence-electron chi connectivity index (χ3n) is 3.00. The van der Waals surface area contributed by atoms with Gasteiger partial charge < -0.3 is 9.84 Å². The van der Waals surface area contributed by atoms with Gasteiger partial charge >= 0.3 is 0 Å². The first-order valence-corrected chi connectivity index (χ1v) is 7.60. The molecule has 0 saturated carbocycles. The van der Waals surface area contributed by atoms with E-state index in [0.717, 1.165) is 25.2 Å². The van der Waals surface area contributed by atoms with Gasteiger partial charge in [0.15, 0.2) is 0 Å². The van der Waals surface area contributed by atoms with Crippen LogP contribution in [0.5, 0.6) is 0 Å². The second-order valence-corrected chi connectivity index (χ2v) is 6.02. The fourth-order valence-electron chi connectivity index (χ4n) is 2.38. The van der Waals surface area contributed by atoms with Crippen molar-refractivity contribution < 1.29 is 9.84 Å². The third kappa shape index (κ3) is 4.63. The number of hydrogen-bond donors (Lipinski definition) is 1. The van der Waals surface area contributed by atoms with Crippen LogP contribution in [0.1, 0.15) is 30.7 Å². The Hall–Kier alpha value is -0.860. The van der Waals surface area contributed by atoms with Gasteiger partial charge in [-0.25, -0.2) is 0 Å². The van der Waals surface area contributed by atoms with Crippen LogP contribution in [0.25, 0.3) is 0 Å². The van der Waals surface area contributed by atoms with E-state index >= 15 is 0 Å². The summed E-state index contributed by atoms with van der Waals surface area (Å²) in [6.07, 6.45) is 1.17. The Morgan fingerprint density at radius 1 is 1.42 bits per heavy atom. The van der Waals surface area contributed by atoms with E-state index in [4.69, 9.17) is 9.84 Å². The van der Waals surface area contributed by atoms with Gasteiger partial charge in [0, 0.05) is 41.9 Å². The van der Waals surface area contributed by atoms with Crippen LogP contribution in [0.3, 0.4) is 0 Å². The second-order valence-electron chi connectivity index (χ2n) is 5.03. The van der Waals surface area contributed by atoms with Crippen molar-refractivity contribution in [1.29, 1.82) is 0 Å². The van der Waals surface area contributed by atoms with Crippen LogP contribution in [-0.2, 0) is 11.3 Å². The lowest BCUT2D eigenvalue weighted by Crippen LogP contribution is -2.44. The average molecular weight is 279 g/mol. The molecule has 2 rings (SSSR count). The van der Waals surface area contributed by atoms with Gasteiger partial charge in [-0.15, -0.1) is 11.3 Å². The predicted octanol–water partition coefficient (Wildman–Crippen LogP) is 2.09. The minimum Gasteiger partial charge on any atom is -0.395 e. The standard InChI is InChI=1S/C15H21NO2S/c1-12-8-16(9-13(2)18-12)10-15-7-14(11-19-15)5-3-4-6-17/h7,11-13,17H,4,6,8-10H2,1-2H3/t12-,13+. The summed E-state index contributed by atoms with van der Waals surface area (Å²) in [4.78, 5) is 3.78. The SMILES string of the molecule is C[C@@H]1CN(Cc2cc(C#CCCO)cs2)C[C@H](C)O1. The highest BCUT2D eigenvalue weighted by molar-refractivity contribution is 7.10. The number of nitrogens with zero attached hydrogens (tertiary/aromatic N) is 1. The number of aliphatic hydroxyl groups excluding tert-OH is 1. The lowest BCUT2D eigenvalue weighted by atomic mass is 10.2. The summed E-state index contributed by atoms with van der Waals surface area (Å²) in [6.45, 7) is 7.35. The zero-order valence-electron chi connectivity index (χ0n) is 11.6. The zero-order valence-corrected chi connectivity index (χ0v) is 12.4. The van der Waals surface area contributed by atoms with Gasteiger partial charge in [0.25, 0.3) is 0 Å². The Balaban J connectivity index is 1.91. The molecule has 2 atom stereocenters. The first kappa shape index (κ1) is 14.5. The zero-order chi connectivity index (χ0) is 13.7. The number of aliphatic hydroxyl groups is 1. The summed E-state index contributed by atoms with van der Waals surface area (Å²) in [5.41, 5.74) is 1.06. The Morgan fingerprint density at radius 2 is 2.16 bits per heavy atom. The summed E-state index contributed by atoms with van der Waals surface area (Å²) in [5.74, 6) is 6.03. The predicted molar refractivity (Wildman–Crippen MR) is 78.2 cm³/mol. The second kappa shape index (κ2) is 7.06. The summed E-state index contributed by atoms with van der Waals surface area (Å²) in [5, 5.41) is 10.8. The molecule has 1 aliphatic heterocycles. The molecule has 0 aromatic carbocycles. The largest absolute Gasteiger partial charge is 0.395 e. The van der Waals surface area contributed by atoms with Crippen LogP contribution >= 0.6 is 11.3 Å². The van der Waals surface area contributed by atoms with Crippen molar-refractivity contribution in [3.05, 3.63) is 21.9 Å². The highest BCUT2D eigenvalue weighted by atomic mass is 32.1. The van der Waals surface area contributed by atoms with E-state index in [0.29, 0.717) is 18.6 Å². The molecule has 4 heteroatoms. The Bertz CT molecular complexity index is 450. The maximum Gasteiger partial charge on any atom is 0.0678 e. The number of morpholine rings is 1. The van der Waals surface area contributed by atoms with Gasteiger partial charge in [0.05, 0.1) is 18.8 Å². The summed E-state index contributed by atoms with van der Waals surface area (Å²) < 4.78 is 5.74. The highest BCUT2D eigenvalue weighted by Crippen LogP contribution is 2.19. The van der Waals surface area contributed by atoms with Crippen LogP contribution < -0.4 is 0 Å². The van der Waals surface area contributed by atoms with Gasteiger partial charge in [0.1, 0.15) is 0 Å². The van der Waals surface area contributed by atoms with Gasteiger partial charge in [0.2, 0.25) is 0 Å². The molecule has 1 aliphatic rings. The van der Waals surface area contributed by atoms with E-state index in [1.165, 1.54) is 4.88 Å². The monoisotopic (exact) mass is 279 g/mol. The Kier molecular flexibility index (Phi) is 5.41. The fraction of sp³-hybridized carbons (Fsp3) is 0.600. The van der Waals surface area contributed by atoms with E-state index in [1.54, 1.807) is 11.3 Å². The minimum atomic E-state index is 0.132. The quantitative estimate of drug-likeness (QED) is 0.860. The van der Waals surface area contributed by atoms with Crippen LogP contribution in [0, 0.1) is 11.8 Å². The molecule has 0 aliphatic carbocycles. The summed E-state index contributed by atoms with van der Waals surface area (Å²) >= 11 is 1.76. The van der Waals surface area contributed by atoms with E-state index in [2.05, 4.69) is 42.0 Å². The Labute approximate surface area is 119 Å². The van der Waals surface area contributed by atoms with Gasteiger partial charge in [-0.2, -0.15) is 0 Å². The van der Waals surface area contributed by atoms with Crippen molar-refractivity contribution in [3.63, 3.8) is 0 Å². The molecule has 104 valence electrons. The number of hydrogen-bond acceptors (Lipinski definition) is 4. The topological polar surface area (TPSA) is 32.7 Å². The maximum absolute atomic E-state index is 8.70. The molecule has 1 aromatic rings. The first-order valence-electron chi connectivity index (χ1n) is 6.72. The molecule has 1 aromatic heterocycles. The molecule has 0 spiro atoms. The molecule has 1 saturated heterocycles. The maximum atomic E-state index is 8.70. The van der Waals surface area contributed by atoms with Crippen molar-refractivity contribution >= 4 is 11.3 Å². The number of rotatable bonds is 3. The van der Waals surface area contributed by atoms with Crippen molar-refractivity contribution in [2.75, 3.05) is 19.7 Å². The lowest BCUT2D eigenvalue weighted by molar-refractivity contribution is -0.0702. The normalized spacial score (nSPS) is 23.9. The smallest absolute Gasteiger partial charge is 0.0678 e. The lowest BCUT2D eigenvalue weighted by Gasteiger charge is -2.34. The van der Waals surface area contributed by atoms with Crippen LogP contribution in [0.2, 0.25) is 0 Å². The first-order chi connectivity index (χ1) is 9.17. The molecular formula is C15H21NO2S. The third-order valence-corrected chi connectivity index (χ3v) is 3.92. The van der Waals surface area contributed by atoms with Crippen molar-refractivity contribution in [2.24, 2.45) is 0 Å². The van der Waals surface area contributed by atoms with Crippen LogP contribution in [0.15, 0.2) is 11.4 Å². The van der Waals surface area contributed by atoms with Crippen LogP contribution in [-0.4, -0.2) is 41.9 Å². The summed E-state index contributed by atoms with van der Waals surface area (Å²) in [7, 11) is 0. The van der Waals surface area contributed by atoms with E-state index in [9.17, 15) is 0 Å². The van der Waals surface area contributed by atoms with Crippen molar-refractivity contribution in [3.8, 4) is 11.8 Å². The number of ether oxygens (including phenoxy) is 1. The van der Waals surface area contributed by atoms with E-state index in [1.807, 2.05) is 0 Å². The molecule has 19 heavy (non-hydrogen) atoms. The molecule has 0 amide bonds. The van der Waals surface area contributed by atoms with Crippen molar-refractivity contribution in [1.82, 2.24) is 4.90 Å². The van der Waals surface area contributed by atoms with Crippen LogP contribution in [0.4, 0.5) is 0 Å². The number of thiophene rings is 1. The summed E-state index contributed by atoms with van der Waals surface area (Å²) in [6, 6.07) is 2.15. The molecular weight excluding hydrogens is 258 g/mol. The Morgan fingerprint density at radius 3 is 2.84 bits per heavy atom. The minimum absolute atomic E-state index is 0.132. The molecule has 1 N–H and O–H groups in total. The van der Waals surface area contributed by atoms with Gasteiger partial charge in [-0.1, -0.05) is 11.8 Å². The molecule has 3 nitrogen and oxygen atoms in total. The molecule has 0 bridgehead atoms. The van der Waals surface area contributed by atoms with E-state index in [-0.39, 0.29) is 6.61 Å². The average Bonchev–Trinajstić information content (AvgIpc) is 2.76. The fourth-order valence-corrected chi connectivity index (χ4v) is 3.24.